The standard InChI is InChI=1S/C19H25N3O2/c1-13(2)21-19(24)14-6-5-9-22(12-14)18(23)10-15-11-20-17-8-4-3-7-16(15)17/h3-4,7-8,11,13-14,20H,5-6,9-10,12H2,1-2H3,(H,21,24). The second-order valence-electron chi connectivity index (χ2n) is 6.88. The Kier molecular flexibility index (Phi) is 4.88. The first-order valence-corrected chi connectivity index (χ1v) is 8.67. The number of amides is 2. The lowest BCUT2D eigenvalue weighted by Crippen LogP contribution is -2.47. The van der Waals surface area contributed by atoms with Crippen molar-refractivity contribution in [3.63, 3.8) is 0 Å². The molecular formula is C19H25N3O2. The van der Waals surface area contributed by atoms with E-state index in [2.05, 4.69) is 10.3 Å². The molecule has 1 aliphatic rings. The van der Waals surface area contributed by atoms with Gasteiger partial charge in [0, 0.05) is 36.2 Å². The van der Waals surface area contributed by atoms with Crippen molar-refractivity contribution < 1.29 is 9.59 Å². The Morgan fingerprint density at radius 1 is 1.33 bits per heavy atom. The van der Waals surface area contributed by atoms with Gasteiger partial charge >= 0.3 is 0 Å². The molecule has 0 aliphatic carbocycles. The van der Waals surface area contributed by atoms with E-state index in [-0.39, 0.29) is 23.8 Å². The third kappa shape index (κ3) is 3.61. The molecule has 24 heavy (non-hydrogen) atoms. The number of nitrogens with one attached hydrogen (secondary N) is 2. The van der Waals surface area contributed by atoms with Crippen LogP contribution in [0, 0.1) is 5.92 Å². The summed E-state index contributed by atoms with van der Waals surface area (Å²) >= 11 is 0. The Balaban J connectivity index is 1.65. The maximum absolute atomic E-state index is 12.7. The molecule has 1 saturated heterocycles. The summed E-state index contributed by atoms with van der Waals surface area (Å²) in [5, 5.41) is 4.05. The smallest absolute Gasteiger partial charge is 0.227 e. The van der Waals surface area contributed by atoms with Crippen molar-refractivity contribution in [3.8, 4) is 0 Å². The van der Waals surface area contributed by atoms with Crippen molar-refractivity contribution in [3.05, 3.63) is 36.0 Å². The molecule has 2 N–H and O–H groups in total. The van der Waals surface area contributed by atoms with Gasteiger partial charge in [0.25, 0.3) is 0 Å². The summed E-state index contributed by atoms with van der Waals surface area (Å²) < 4.78 is 0. The zero-order chi connectivity index (χ0) is 17.1. The fraction of sp³-hybridized carbons (Fsp3) is 0.474. The van der Waals surface area contributed by atoms with Crippen molar-refractivity contribution in [2.24, 2.45) is 5.92 Å². The van der Waals surface area contributed by atoms with Gasteiger partial charge in [-0.15, -0.1) is 0 Å². The summed E-state index contributed by atoms with van der Waals surface area (Å²) in [6.45, 7) is 5.19. The van der Waals surface area contributed by atoms with E-state index in [1.54, 1.807) is 0 Å². The average Bonchev–Trinajstić information content (AvgIpc) is 2.97. The summed E-state index contributed by atoms with van der Waals surface area (Å²) in [5.41, 5.74) is 2.07. The van der Waals surface area contributed by atoms with Crippen LogP contribution in [0.2, 0.25) is 0 Å². The molecule has 0 bridgehead atoms. The molecule has 2 aromatic rings. The van der Waals surface area contributed by atoms with E-state index in [0.29, 0.717) is 13.0 Å². The number of likely N-dealkylation sites (tertiary alicyclic amines) is 1. The Morgan fingerprint density at radius 3 is 2.92 bits per heavy atom. The second kappa shape index (κ2) is 7.07. The molecule has 0 radical (unpaired) electrons. The van der Waals surface area contributed by atoms with Gasteiger partial charge in [-0.05, 0) is 38.3 Å². The Labute approximate surface area is 142 Å². The molecule has 3 rings (SSSR count). The number of fused-ring (bicyclic) bond motifs is 1. The van der Waals surface area contributed by atoms with Gasteiger partial charge < -0.3 is 15.2 Å². The van der Waals surface area contributed by atoms with E-state index in [0.717, 1.165) is 35.9 Å². The van der Waals surface area contributed by atoms with Crippen molar-refractivity contribution >= 4 is 22.7 Å². The third-order valence-corrected chi connectivity index (χ3v) is 4.59. The van der Waals surface area contributed by atoms with E-state index in [1.807, 2.05) is 49.2 Å². The lowest BCUT2D eigenvalue weighted by atomic mass is 9.96. The zero-order valence-electron chi connectivity index (χ0n) is 14.3. The molecular weight excluding hydrogens is 302 g/mol. The molecule has 2 heterocycles. The number of hydrogen-bond acceptors (Lipinski definition) is 2. The number of aromatic amines is 1. The number of piperidine rings is 1. The van der Waals surface area contributed by atoms with Gasteiger partial charge in [0.1, 0.15) is 0 Å². The van der Waals surface area contributed by atoms with Crippen molar-refractivity contribution in [2.45, 2.75) is 39.2 Å². The minimum atomic E-state index is -0.0898. The first-order chi connectivity index (χ1) is 11.5. The lowest BCUT2D eigenvalue weighted by Gasteiger charge is -2.32. The number of H-pyrrole nitrogens is 1. The Morgan fingerprint density at radius 2 is 2.12 bits per heavy atom. The van der Waals surface area contributed by atoms with Crippen LogP contribution in [0.15, 0.2) is 30.5 Å². The van der Waals surface area contributed by atoms with Gasteiger partial charge in [0.2, 0.25) is 11.8 Å². The molecule has 0 spiro atoms. The number of nitrogens with zero attached hydrogens (tertiary/aromatic N) is 1. The lowest BCUT2D eigenvalue weighted by molar-refractivity contribution is -0.135. The molecule has 1 aromatic carbocycles. The highest BCUT2D eigenvalue weighted by Gasteiger charge is 2.28. The number of hydrogen-bond donors (Lipinski definition) is 2. The van der Waals surface area contributed by atoms with Crippen LogP contribution in [0.3, 0.4) is 0 Å². The molecule has 1 fully saturated rings. The molecule has 1 atom stereocenters. The highest BCUT2D eigenvalue weighted by atomic mass is 16.2. The van der Waals surface area contributed by atoms with Gasteiger partial charge in [-0.2, -0.15) is 0 Å². The van der Waals surface area contributed by atoms with Gasteiger partial charge in [-0.3, -0.25) is 9.59 Å². The maximum atomic E-state index is 12.7. The topological polar surface area (TPSA) is 65.2 Å². The van der Waals surface area contributed by atoms with Crippen molar-refractivity contribution in [1.29, 1.82) is 0 Å². The fourth-order valence-electron chi connectivity index (χ4n) is 3.37. The monoisotopic (exact) mass is 327 g/mol. The molecule has 5 heteroatoms. The summed E-state index contributed by atoms with van der Waals surface area (Å²) in [6, 6.07) is 8.14. The molecule has 0 saturated carbocycles. The van der Waals surface area contributed by atoms with Crippen LogP contribution in [-0.2, 0) is 16.0 Å². The zero-order valence-corrected chi connectivity index (χ0v) is 14.3. The second-order valence-corrected chi connectivity index (χ2v) is 6.88. The number of carbonyl (C=O) groups is 2. The van der Waals surface area contributed by atoms with E-state index < -0.39 is 0 Å². The molecule has 1 unspecified atom stereocenters. The summed E-state index contributed by atoms with van der Waals surface area (Å²) in [5.74, 6) is 0.0736. The Hall–Kier alpha value is -2.30. The molecule has 2 amide bonds. The predicted molar refractivity (Wildman–Crippen MR) is 94.6 cm³/mol. The maximum Gasteiger partial charge on any atom is 0.227 e. The average molecular weight is 327 g/mol. The molecule has 5 nitrogen and oxygen atoms in total. The van der Waals surface area contributed by atoms with Crippen molar-refractivity contribution in [2.75, 3.05) is 13.1 Å². The van der Waals surface area contributed by atoms with E-state index in [1.165, 1.54) is 0 Å². The highest BCUT2D eigenvalue weighted by molar-refractivity contribution is 5.89. The van der Waals surface area contributed by atoms with E-state index >= 15 is 0 Å². The number of benzene rings is 1. The van der Waals surface area contributed by atoms with Crippen LogP contribution in [0.5, 0.6) is 0 Å². The van der Waals surface area contributed by atoms with Gasteiger partial charge in [0.15, 0.2) is 0 Å². The minimum absolute atomic E-state index is 0.0644. The first kappa shape index (κ1) is 16.6. The number of para-hydroxylation sites is 1. The summed E-state index contributed by atoms with van der Waals surface area (Å²) in [6.07, 6.45) is 4.03. The third-order valence-electron chi connectivity index (χ3n) is 4.59. The summed E-state index contributed by atoms with van der Waals surface area (Å²) in [4.78, 5) is 29.9. The quantitative estimate of drug-likeness (QED) is 0.906. The van der Waals surface area contributed by atoms with Crippen LogP contribution in [-0.4, -0.2) is 40.8 Å². The number of rotatable bonds is 4. The van der Waals surface area contributed by atoms with Crippen LogP contribution >= 0.6 is 0 Å². The largest absolute Gasteiger partial charge is 0.361 e. The molecule has 128 valence electrons. The molecule has 1 aliphatic heterocycles. The number of aromatic nitrogens is 1. The SMILES string of the molecule is CC(C)NC(=O)C1CCCN(C(=O)Cc2c[nH]c3ccccc23)C1. The summed E-state index contributed by atoms with van der Waals surface area (Å²) in [7, 11) is 0. The fourth-order valence-corrected chi connectivity index (χ4v) is 3.37. The van der Waals surface area contributed by atoms with Crippen LogP contribution in [0.25, 0.3) is 10.9 Å². The van der Waals surface area contributed by atoms with E-state index in [4.69, 9.17) is 0 Å². The van der Waals surface area contributed by atoms with Crippen LogP contribution in [0.1, 0.15) is 32.3 Å². The van der Waals surface area contributed by atoms with Gasteiger partial charge in [-0.1, -0.05) is 18.2 Å². The van der Waals surface area contributed by atoms with Gasteiger partial charge in [-0.25, -0.2) is 0 Å². The predicted octanol–water partition coefficient (Wildman–Crippen LogP) is 2.47. The Bertz CT molecular complexity index is 735. The minimum Gasteiger partial charge on any atom is -0.361 e. The normalized spacial score (nSPS) is 18.1. The highest BCUT2D eigenvalue weighted by Crippen LogP contribution is 2.21. The van der Waals surface area contributed by atoms with Crippen LogP contribution in [0.4, 0.5) is 0 Å². The van der Waals surface area contributed by atoms with Crippen molar-refractivity contribution in [1.82, 2.24) is 15.2 Å². The molecule has 1 aromatic heterocycles. The van der Waals surface area contributed by atoms with Crippen LogP contribution < -0.4 is 5.32 Å². The van der Waals surface area contributed by atoms with Gasteiger partial charge in [0.05, 0.1) is 12.3 Å². The number of carbonyl (C=O) groups excluding carboxylic acids is 2. The van der Waals surface area contributed by atoms with E-state index in [9.17, 15) is 9.59 Å². The first-order valence-electron chi connectivity index (χ1n) is 8.67.